The van der Waals surface area contributed by atoms with Crippen LogP contribution in [0.5, 0.6) is 0 Å². The molecule has 6 nitrogen and oxygen atoms in total. The largest absolute Gasteiger partial charge is 0.378 e. The van der Waals surface area contributed by atoms with Crippen molar-refractivity contribution in [1.29, 1.82) is 5.26 Å². The fraction of sp³-hybridized carbons (Fsp3) is 0.550. The first-order chi connectivity index (χ1) is 13.2. The van der Waals surface area contributed by atoms with E-state index in [9.17, 15) is 9.59 Å². The maximum absolute atomic E-state index is 12.7. The third-order valence-electron chi connectivity index (χ3n) is 5.02. The molecule has 1 aromatic carbocycles. The summed E-state index contributed by atoms with van der Waals surface area (Å²) < 4.78 is 5.31. The lowest BCUT2D eigenvalue weighted by Gasteiger charge is -2.36. The summed E-state index contributed by atoms with van der Waals surface area (Å²) in [6, 6.07) is 9.54. The first kappa shape index (κ1) is 19.7. The van der Waals surface area contributed by atoms with Crippen molar-refractivity contribution in [3.05, 3.63) is 35.4 Å². The predicted octanol–water partition coefficient (Wildman–Crippen LogP) is 1.89. The lowest BCUT2D eigenvalue weighted by Crippen LogP contribution is -2.49. The molecule has 2 saturated heterocycles. The van der Waals surface area contributed by atoms with Crippen LogP contribution in [0.1, 0.15) is 24.0 Å². The molecule has 0 N–H and O–H groups in total. The van der Waals surface area contributed by atoms with Gasteiger partial charge < -0.3 is 14.5 Å². The van der Waals surface area contributed by atoms with Crippen LogP contribution in [0.25, 0.3) is 0 Å². The van der Waals surface area contributed by atoms with Gasteiger partial charge in [-0.05, 0) is 30.5 Å². The molecule has 2 aliphatic heterocycles. The number of carbonyl (C=O) groups is 2. The quantitative estimate of drug-likeness (QED) is 0.771. The zero-order valence-corrected chi connectivity index (χ0v) is 16.2. The average Bonchev–Trinajstić information content (AvgIpc) is 2.74. The monoisotopic (exact) mass is 387 g/mol. The van der Waals surface area contributed by atoms with Crippen molar-refractivity contribution in [3.63, 3.8) is 0 Å². The second-order valence-corrected chi connectivity index (χ2v) is 7.90. The fourth-order valence-corrected chi connectivity index (χ4v) is 4.36. The van der Waals surface area contributed by atoms with Gasteiger partial charge in [0.05, 0.1) is 36.5 Å². The summed E-state index contributed by atoms with van der Waals surface area (Å²) in [7, 11) is 0. The third-order valence-corrected chi connectivity index (χ3v) is 6.01. The van der Waals surface area contributed by atoms with Crippen LogP contribution in [-0.4, -0.2) is 66.8 Å². The molecule has 2 fully saturated rings. The molecular weight excluding hydrogens is 362 g/mol. The molecule has 7 heteroatoms. The molecule has 0 aliphatic carbocycles. The van der Waals surface area contributed by atoms with Crippen LogP contribution < -0.4 is 0 Å². The summed E-state index contributed by atoms with van der Waals surface area (Å²) in [6.45, 7) is 3.79. The van der Waals surface area contributed by atoms with E-state index in [1.54, 1.807) is 23.9 Å². The number of nitriles is 1. The second-order valence-electron chi connectivity index (χ2n) is 6.92. The molecule has 2 amide bonds. The Morgan fingerprint density at radius 1 is 1.15 bits per heavy atom. The van der Waals surface area contributed by atoms with Gasteiger partial charge in [0.25, 0.3) is 0 Å². The van der Waals surface area contributed by atoms with Gasteiger partial charge in [-0.2, -0.15) is 5.26 Å². The van der Waals surface area contributed by atoms with Crippen LogP contribution in [0.2, 0.25) is 0 Å². The molecule has 0 bridgehead atoms. The van der Waals surface area contributed by atoms with Crippen LogP contribution >= 0.6 is 11.8 Å². The van der Waals surface area contributed by atoms with Crippen LogP contribution in [0.3, 0.4) is 0 Å². The predicted molar refractivity (Wildman–Crippen MR) is 104 cm³/mol. The Balaban J connectivity index is 1.44. The van der Waals surface area contributed by atoms with Gasteiger partial charge in [0.15, 0.2) is 0 Å². The minimum Gasteiger partial charge on any atom is -0.378 e. The number of amides is 2. The number of rotatable bonds is 5. The fourth-order valence-electron chi connectivity index (χ4n) is 3.47. The molecule has 1 aromatic rings. The van der Waals surface area contributed by atoms with E-state index in [2.05, 4.69) is 6.07 Å². The molecule has 0 radical (unpaired) electrons. The van der Waals surface area contributed by atoms with E-state index in [1.165, 1.54) is 0 Å². The van der Waals surface area contributed by atoms with Gasteiger partial charge in [-0.1, -0.05) is 12.1 Å². The van der Waals surface area contributed by atoms with Crippen LogP contribution in [0, 0.1) is 17.2 Å². The third kappa shape index (κ3) is 5.47. The zero-order chi connectivity index (χ0) is 19.1. The maximum atomic E-state index is 12.7. The number of morpholine rings is 1. The molecule has 0 aromatic heterocycles. The van der Waals surface area contributed by atoms with Crippen molar-refractivity contribution in [2.45, 2.75) is 18.6 Å². The van der Waals surface area contributed by atoms with Gasteiger partial charge in [-0.3, -0.25) is 9.59 Å². The van der Waals surface area contributed by atoms with E-state index in [-0.39, 0.29) is 17.7 Å². The van der Waals surface area contributed by atoms with Gasteiger partial charge in [0, 0.05) is 31.9 Å². The number of benzene rings is 1. The highest BCUT2D eigenvalue weighted by Crippen LogP contribution is 2.21. The molecule has 27 heavy (non-hydrogen) atoms. The SMILES string of the molecule is N#Cc1ccc(CSCC(=O)N2CCC[C@@H](C(=O)N3CCOCC3)C2)cc1. The van der Waals surface area contributed by atoms with Gasteiger partial charge in [-0.15, -0.1) is 11.8 Å². The van der Waals surface area contributed by atoms with Crippen LogP contribution in [0.15, 0.2) is 24.3 Å². The number of nitrogens with zero attached hydrogens (tertiary/aromatic N) is 3. The highest BCUT2D eigenvalue weighted by Gasteiger charge is 2.31. The summed E-state index contributed by atoms with van der Waals surface area (Å²) in [6.07, 6.45) is 1.74. The van der Waals surface area contributed by atoms with E-state index < -0.39 is 0 Å². The van der Waals surface area contributed by atoms with Crippen LogP contribution in [-0.2, 0) is 20.1 Å². The molecule has 2 heterocycles. The molecular formula is C20H25N3O3S. The van der Waals surface area contributed by atoms with Crippen molar-refractivity contribution < 1.29 is 14.3 Å². The highest BCUT2D eigenvalue weighted by molar-refractivity contribution is 7.99. The smallest absolute Gasteiger partial charge is 0.232 e. The Labute approximate surface area is 164 Å². The number of hydrogen-bond acceptors (Lipinski definition) is 5. The van der Waals surface area contributed by atoms with Crippen molar-refractivity contribution >= 4 is 23.6 Å². The van der Waals surface area contributed by atoms with E-state index >= 15 is 0 Å². The number of hydrogen-bond donors (Lipinski definition) is 0. The van der Waals surface area contributed by atoms with Crippen molar-refractivity contribution in [2.24, 2.45) is 5.92 Å². The lowest BCUT2D eigenvalue weighted by atomic mass is 9.96. The molecule has 0 spiro atoms. The lowest BCUT2D eigenvalue weighted by molar-refractivity contribution is -0.143. The zero-order valence-electron chi connectivity index (χ0n) is 15.4. The van der Waals surface area contributed by atoms with Crippen LogP contribution in [0.4, 0.5) is 0 Å². The number of carbonyl (C=O) groups excluding carboxylic acids is 2. The number of thioether (sulfide) groups is 1. The van der Waals surface area contributed by atoms with Crippen molar-refractivity contribution in [1.82, 2.24) is 9.80 Å². The Bertz CT molecular complexity index is 695. The number of piperidine rings is 1. The van der Waals surface area contributed by atoms with E-state index in [1.807, 2.05) is 21.9 Å². The normalized spacial score (nSPS) is 20.2. The highest BCUT2D eigenvalue weighted by atomic mass is 32.2. The molecule has 1 atom stereocenters. The Hall–Kier alpha value is -2.04. The first-order valence-electron chi connectivity index (χ1n) is 9.38. The molecule has 2 aliphatic rings. The summed E-state index contributed by atoms with van der Waals surface area (Å²) in [5.74, 6) is 1.35. The number of ether oxygens (including phenoxy) is 1. The average molecular weight is 388 g/mol. The Morgan fingerprint density at radius 2 is 1.89 bits per heavy atom. The maximum Gasteiger partial charge on any atom is 0.232 e. The summed E-state index contributed by atoms with van der Waals surface area (Å²) in [5.41, 5.74) is 1.75. The first-order valence-corrected chi connectivity index (χ1v) is 10.5. The molecule has 3 rings (SSSR count). The molecule has 0 saturated carbocycles. The van der Waals surface area contributed by atoms with Gasteiger partial charge >= 0.3 is 0 Å². The van der Waals surface area contributed by atoms with Crippen molar-refractivity contribution in [3.8, 4) is 6.07 Å². The Kier molecular flexibility index (Phi) is 7.13. The van der Waals surface area contributed by atoms with E-state index in [0.717, 1.165) is 30.7 Å². The van der Waals surface area contributed by atoms with Gasteiger partial charge in [0.1, 0.15) is 0 Å². The van der Waals surface area contributed by atoms with E-state index in [4.69, 9.17) is 10.00 Å². The molecule has 144 valence electrons. The Morgan fingerprint density at radius 3 is 2.59 bits per heavy atom. The van der Waals surface area contributed by atoms with Gasteiger partial charge in [-0.25, -0.2) is 0 Å². The van der Waals surface area contributed by atoms with Crippen molar-refractivity contribution in [2.75, 3.05) is 45.1 Å². The minimum absolute atomic E-state index is 0.0793. The molecule has 0 unspecified atom stereocenters. The second kappa shape index (κ2) is 9.77. The van der Waals surface area contributed by atoms with E-state index in [0.29, 0.717) is 44.2 Å². The topological polar surface area (TPSA) is 73.6 Å². The standard InChI is InChI=1S/C20H25N3O3S/c21-12-16-3-5-17(6-4-16)14-27-15-19(24)23-7-1-2-18(13-23)20(25)22-8-10-26-11-9-22/h3-6,18H,1-2,7-11,13-15H2/t18-/m1/s1. The summed E-state index contributed by atoms with van der Waals surface area (Å²) in [5, 5.41) is 8.83. The minimum atomic E-state index is -0.0793. The number of likely N-dealkylation sites (tertiary alicyclic amines) is 1. The summed E-state index contributed by atoms with van der Waals surface area (Å²) >= 11 is 1.57. The van der Waals surface area contributed by atoms with Gasteiger partial charge in [0.2, 0.25) is 11.8 Å². The summed E-state index contributed by atoms with van der Waals surface area (Å²) in [4.78, 5) is 28.9.